The fourth-order valence-corrected chi connectivity index (χ4v) is 11.6. The van der Waals surface area contributed by atoms with E-state index >= 15 is 0 Å². The molecule has 3 aliphatic rings. The number of benzene rings is 5. The van der Waals surface area contributed by atoms with Crippen LogP contribution in [-0.2, 0) is 50.8 Å². The van der Waals surface area contributed by atoms with Crippen LogP contribution in [0.1, 0.15) is 168 Å². The van der Waals surface area contributed by atoms with Crippen LogP contribution in [0.4, 0.5) is 14.4 Å². The minimum atomic E-state index is -3.83. The fraction of sp³-hybridized carbons (Fsp3) is 0.477. The van der Waals surface area contributed by atoms with Gasteiger partial charge in [0.25, 0.3) is 19.2 Å². The zero-order valence-electron chi connectivity index (χ0n) is 51.0. The molecule has 8 rings (SSSR count). The Morgan fingerprint density at radius 1 is 0.482 bits per heavy atom. The highest BCUT2D eigenvalue weighted by molar-refractivity contribution is 8.13. The van der Waals surface area contributed by atoms with Gasteiger partial charge in [-0.3, -0.25) is 4.18 Å². The SMILES string of the molecule is CC(C)(C)OC(=O)N1CCC(c2ccccc2C(=O)O)CC1.CC(C)(C)OC(=O)N1CCC(c2ccccc2CO)CC1.Cc1ccc(S(=O)(=O)Cl)cc1.Cc1ccc(S(=O)(=O)OCc2ccccc2C2CCN(C(=O)OC(C)(C)C)CC2)cc1. The summed E-state index contributed by atoms with van der Waals surface area (Å²) in [7, 11) is -2.29. The van der Waals surface area contributed by atoms with Gasteiger partial charge in [-0.2, -0.15) is 8.42 Å². The van der Waals surface area contributed by atoms with Gasteiger partial charge in [0.05, 0.1) is 28.6 Å². The third-order valence-electron chi connectivity index (χ3n) is 14.2. The number of carboxylic acid groups (broad SMARTS) is 1. The second kappa shape index (κ2) is 30.7. The molecule has 85 heavy (non-hydrogen) atoms. The molecular weight excluding hydrogens is 1150 g/mol. The van der Waals surface area contributed by atoms with E-state index in [9.17, 15) is 46.2 Å². The predicted molar refractivity (Wildman–Crippen MR) is 329 cm³/mol. The largest absolute Gasteiger partial charge is 0.478 e. The highest BCUT2D eigenvalue weighted by Crippen LogP contribution is 2.34. The van der Waals surface area contributed by atoms with E-state index in [0.717, 1.165) is 71.9 Å². The van der Waals surface area contributed by atoms with Gasteiger partial charge in [-0.05, 0) is 191 Å². The van der Waals surface area contributed by atoms with Crippen molar-refractivity contribution in [3.05, 3.63) is 166 Å². The van der Waals surface area contributed by atoms with Crippen molar-refractivity contribution in [1.29, 1.82) is 0 Å². The number of carbonyl (C=O) groups excluding carboxylic acids is 3. The predicted octanol–water partition coefficient (Wildman–Crippen LogP) is 13.7. The molecule has 5 aromatic carbocycles. The van der Waals surface area contributed by atoms with Crippen molar-refractivity contribution < 1.29 is 64.6 Å². The van der Waals surface area contributed by atoms with Crippen LogP contribution in [0.3, 0.4) is 0 Å². The van der Waals surface area contributed by atoms with Crippen LogP contribution in [0.2, 0.25) is 0 Å². The third-order valence-corrected chi connectivity index (χ3v) is 16.9. The first kappa shape index (κ1) is 69.3. The van der Waals surface area contributed by atoms with Crippen molar-refractivity contribution in [3.8, 4) is 0 Å². The molecule has 0 spiro atoms. The molecule has 2 N–H and O–H groups in total. The Kier molecular flexibility index (Phi) is 25.0. The van der Waals surface area contributed by atoms with Gasteiger partial charge >= 0.3 is 24.2 Å². The highest BCUT2D eigenvalue weighted by Gasteiger charge is 2.32. The number of carbonyl (C=O) groups is 4. The number of ether oxygens (including phenoxy) is 3. The number of carboxylic acids is 1. The second-order valence-corrected chi connectivity index (χ2v) is 28.6. The molecule has 3 aliphatic heterocycles. The maximum Gasteiger partial charge on any atom is 0.410 e. The first-order valence-electron chi connectivity index (χ1n) is 28.7. The Balaban J connectivity index is 0.000000218. The second-order valence-electron chi connectivity index (χ2n) is 24.5. The highest BCUT2D eigenvalue weighted by atomic mass is 35.7. The number of nitrogens with zero attached hydrogens (tertiary/aromatic N) is 3. The van der Waals surface area contributed by atoms with E-state index in [1.807, 2.05) is 131 Å². The summed E-state index contributed by atoms with van der Waals surface area (Å²) < 4.78 is 68.2. The number of aliphatic hydroxyl groups is 1. The lowest BCUT2D eigenvalue weighted by Crippen LogP contribution is -2.41. The Labute approximate surface area is 508 Å². The Hall–Kier alpha value is -6.51. The van der Waals surface area contributed by atoms with Gasteiger partial charge in [0.1, 0.15) is 16.8 Å². The molecule has 0 unspecified atom stereocenters. The lowest BCUT2D eigenvalue weighted by Gasteiger charge is -2.34. The van der Waals surface area contributed by atoms with Crippen molar-refractivity contribution in [2.45, 2.75) is 172 Å². The molecule has 0 radical (unpaired) electrons. The lowest BCUT2D eigenvalue weighted by atomic mass is 9.86. The minimum Gasteiger partial charge on any atom is -0.478 e. The van der Waals surface area contributed by atoms with Gasteiger partial charge in [-0.1, -0.05) is 102 Å². The van der Waals surface area contributed by atoms with Gasteiger partial charge in [0, 0.05) is 50.0 Å². The number of aryl methyl sites for hydroxylation is 2. The summed E-state index contributed by atoms with van der Waals surface area (Å²) >= 11 is 0. The van der Waals surface area contributed by atoms with E-state index in [0.29, 0.717) is 50.7 Å². The van der Waals surface area contributed by atoms with Crippen LogP contribution in [0.25, 0.3) is 0 Å². The number of amides is 3. The number of hydrogen-bond acceptors (Lipinski definition) is 13. The summed E-state index contributed by atoms with van der Waals surface area (Å²) in [6.45, 7) is 24.4. The summed E-state index contributed by atoms with van der Waals surface area (Å²) in [5.74, 6) is -0.0799. The summed E-state index contributed by atoms with van der Waals surface area (Å²) in [4.78, 5) is 53.2. The zero-order chi connectivity index (χ0) is 62.9. The smallest absolute Gasteiger partial charge is 0.410 e. The van der Waals surface area contributed by atoms with Crippen molar-refractivity contribution in [3.63, 3.8) is 0 Å². The number of likely N-dealkylation sites (tertiary alicyclic amines) is 3. The van der Waals surface area contributed by atoms with E-state index in [1.54, 1.807) is 63.2 Å². The number of hydrogen-bond donors (Lipinski definition) is 2. The van der Waals surface area contributed by atoms with Gasteiger partial charge in [-0.15, -0.1) is 0 Å². The normalized spacial score (nSPS) is 15.6. The summed E-state index contributed by atoms with van der Waals surface area (Å²) in [5.41, 5.74) is 5.90. The van der Waals surface area contributed by atoms with Crippen LogP contribution < -0.4 is 0 Å². The molecule has 0 bridgehead atoms. The average molecular weight is 1230 g/mol. The van der Waals surface area contributed by atoms with Crippen LogP contribution >= 0.6 is 10.7 Å². The van der Waals surface area contributed by atoms with E-state index in [2.05, 4.69) is 6.07 Å². The van der Waals surface area contributed by atoms with Crippen molar-refractivity contribution in [2.75, 3.05) is 39.3 Å². The van der Waals surface area contributed by atoms with Crippen LogP contribution in [0.15, 0.2) is 131 Å². The Bertz CT molecular complexity index is 3220. The number of aliphatic hydroxyl groups excluding tert-OH is 1. The molecule has 20 heteroatoms. The van der Waals surface area contributed by atoms with Crippen LogP contribution in [0.5, 0.6) is 0 Å². The third kappa shape index (κ3) is 22.7. The quantitative estimate of drug-likeness (QED) is 0.0754. The standard InChI is InChI=1S/C24H31NO5S.C17H23NO4.C17H25NO3.C7H7ClO2S/c1-18-9-11-21(12-10-18)31(27,28)29-17-20-7-5-6-8-22(20)19-13-15-25(16-14-19)23(26)30-24(2,3)4;1-17(2,3)22-16(21)18-10-8-12(9-11-18)13-6-4-5-7-14(13)15(19)20;1-17(2,3)21-16(20)18-10-8-13(9-11-18)15-7-5-4-6-14(15)12-19;1-6-2-4-7(5-3-6)11(8,9)10/h5-12,19H,13-17H2,1-4H3;4-7,12H,8-11H2,1-3H3,(H,19,20);4-7,13,19H,8-12H2,1-3H3;2-5H,1H3. The van der Waals surface area contributed by atoms with Crippen LogP contribution in [0, 0.1) is 13.8 Å². The minimum absolute atomic E-state index is 0.0152. The molecule has 3 saturated heterocycles. The molecule has 3 fully saturated rings. The molecular formula is C65H86ClN3O14S2. The number of piperidine rings is 3. The van der Waals surface area contributed by atoms with Gasteiger partial charge in [-0.25, -0.2) is 27.6 Å². The van der Waals surface area contributed by atoms with Crippen molar-refractivity contribution >= 4 is 54.1 Å². The maximum atomic E-state index is 12.6. The Morgan fingerprint density at radius 2 is 0.800 bits per heavy atom. The summed E-state index contributed by atoms with van der Waals surface area (Å²) in [6.07, 6.45) is 4.11. The number of halogens is 1. The summed E-state index contributed by atoms with van der Waals surface area (Å²) in [5, 5.41) is 18.7. The van der Waals surface area contributed by atoms with E-state index in [4.69, 9.17) is 29.1 Å². The zero-order valence-corrected chi connectivity index (χ0v) is 53.4. The molecule has 17 nitrogen and oxygen atoms in total. The van der Waals surface area contributed by atoms with Gasteiger partial charge in [0.2, 0.25) is 0 Å². The van der Waals surface area contributed by atoms with E-state index in [-0.39, 0.29) is 53.1 Å². The molecule has 3 amide bonds. The molecule has 3 heterocycles. The Morgan fingerprint density at radius 3 is 1.15 bits per heavy atom. The summed E-state index contributed by atoms with van der Waals surface area (Å²) in [6, 6.07) is 35.9. The van der Waals surface area contributed by atoms with Crippen molar-refractivity contribution in [1.82, 2.24) is 14.7 Å². The molecule has 464 valence electrons. The monoisotopic (exact) mass is 1230 g/mol. The molecule has 5 aromatic rings. The molecule has 0 aliphatic carbocycles. The maximum absolute atomic E-state index is 12.6. The average Bonchev–Trinajstić information content (AvgIpc) is 3.21. The molecule has 0 atom stereocenters. The molecule has 0 aromatic heterocycles. The van der Waals surface area contributed by atoms with E-state index in [1.165, 1.54) is 17.7 Å². The van der Waals surface area contributed by atoms with Crippen LogP contribution in [-0.4, -0.2) is 122 Å². The first-order valence-corrected chi connectivity index (χ1v) is 32.4. The number of aromatic carboxylic acids is 1. The van der Waals surface area contributed by atoms with Crippen molar-refractivity contribution in [2.24, 2.45) is 0 Å². The molecule has 0 saturated carbocycles. The fourth-order valence-electron chi connectivity index (χ4n) is 9.90. The lowest BCUT2D eigenvalue weighted by molar-refractivity contribution is 0.0194. The van der Waals surface area contributed by atoms with E-state index < -0.39 is 41.9 Å². The number of rotatable bonds is 10. The topological polar surface area (TPSA) is 224 Å². The first-order chi connectivity index (χ1) is 39.7. The van der Waals surface area contributed by atoms with Gasteiger partial charge in [0.15, 0.2) is 0 Å². The van der Waals surface area contributed by atoms with Gasteiger partial charge < -0.3 is 39.1 Å².